The summed E-state index contributed by atoms with van der Waals surface area (Å²) in [6, 6.07) is 9.20. The van der Waals surface area contributed by atoms with E-state index in [9.17, 15) is 5.11 Å². The molecule has 1 aromatic carbocycles. The van der Waals surface area contributed by atoms with Gasteiger partial charge in [-0.15, -0.1) is 11.8 Å². The molecule has 0 radical (unpaired) electrons. The summed E-state index contributed by atoms with van der Waals surface area (Å²) in [6.45, 7) is 0. The third-order valence-corrected chi connectivity index (χ3v) is 3.49. The highest BCUT2D eigenvalue weighted by molar-refractivity contribution is 7.98. The molecule has 0 fully saturated rings. The minimum atomic E-state index is 0.253. The van der Waals surface area contributed by atoms with E-state index < -0.39 is 0 Å². The highest BCUT2D eigenvalue weighted by Crippen LogP contribution is 2.32. The second-order valence-corrected chi connectivity index (χ2v) is 4.64. The lowest BCUT2D eigenvalue weighted by Crippen LogP contribution is -1.82. The smallest absolute Gasteiger partial charge is 0.142 e. The molecule has 2 heterocycles. The summed E-state index contributed by atoms with van der Waals surface area (Å²) >= 11 is 1.58. The summed E-state index contributed by atoms with van der Waals surface area (Å²) in [7, 11) is 0. The largest absolute Gasteiger partial charge is 0.507 e. The van der Waals surface area contributed by atoms with Crippen LogP contribution < -0.4 is 0 Å². The summed E-state index contributed by atoms with van der Waals surface area (Å²) in [5.74, 6) is 0.253. The minimum absolute atomic E-state index is 0.253. The normalized spacial score (nSPS) is 10.9. The number of phenolic OH excluding ortho intramolecular Hbond substituents is 1. The highest BCUT2D eigenvalue weighted by Gasteiger charge is 2.10. The Morgan fingerprint density at radius 2 is 2.06 bits per heavy atom. The van der Waals surface area contributed by atoms with Crippen molar-refractivity contribution in [2.45, 2.75) is 5.03 Å². The number of aromatic nitrogens is 3. The molecule has 0 bridgehead atoms. The number of H-pyrrole nitrogens is 1. The second-order valence-electron chi connectivity index (χ2n) is 3.85. The first-order chi connectivity index (χ1) is 8.79. The van der Waals surface area contributed by atoms with E-state index in [2.05, 4.69) is 15.0 Å². The Morgan fingerprint density at radius 3 is 2.83 bits per heavy atom. The van der Waals surface area contributed by atoms with Crippen LogP contribution in [0.5, 0.6) is 5.75 Å². The summed E-state index contributed by atoms with van der Waals surface area (Å²) in [5, 5.41) is 11.8. The molecule has 2 N–H and O–H groups in total. The number of nitrogens with zero attached hydrogens (tertiary/aromatic N) is 2. The van der Waals surface area contributed by atoms with Gasteiger partial charge in [-0.25, -0.2) is 9.97 Å². The molecule has 0 aliphatic heterocycles. The Morgan fingerprint density at radius 1 is 1.22 bits per heavy atom. The molecule has 4 nitrogen and oxygen atoms in total. The first kappa shape index (κ1) is 11.1. The number of hydrogen-bond acceptors (Lipinski definition) is 4. The summed E-state index contributed by atoms with van der Waals surface area (Å²) in [5.41, 5.74) is 2.40. The van der Waals surface area contributed by atoms with E-state index in [1.807, 2.05) is 24.5 Å². The third-order valence-electron chi connectivity index (χ3n) is 2.78. The number of fused-ring (bicyclic) bond motifs is 1. The molecule has 0 unspecified atom stereocenters. The van der Waals surface area contributed by atoms with Gasteiger partial charge in [-0.3, -0.25) is 0 Å². The molecule has 0 saturated carbocycles. The molecule has 0 aliphatic rings. The van der Waals surface area contributed by atoms with Gasteiger partial charge >= 0.3 is 0 Å². The molecule has 0 saturated heterocycles. The van der Waals surface area contributed by atoms with Gasteiger partial charge in [0.1, 0.15) is 22.7 Å². The first-order valence-corrected chi connectivity index (χ1v) is 6.68. The maximum atomic E-state index is 9.85. The van der Waals surface area contributed by atoms with Crippen LogP contribution in [0.4, 0.5) is 0 Å². The number of aromatic hydroxyl groups is 1. The molecule has 0 spiro atoms. The van der Waals surface area contributed by atoms with E-state index >= 15 is 0 Å². The van der Waals surface area contributed by atoms with Crippen LogP contribution in [0, 0.1) is 0 Å². The van der Waals surface area contributed by atoms with Crippen LogP contribution in [0.25, 0.3) is 22.3 Å². The standard InChI is InChI=1S/C13H11N3OS/c1-18-13-9-6-10(16-12(9)14-7-15-13)8-4-2-3-5-11(8)17/h2-7,17H,1H3,(H,14,15,16). The number of hydrogen-bond donors (Lipinski definition) is 2. The van der Waals surface area contributed by atoms with Crippen molar-refractivity contribution in [3.8, 4) is 17.0 Å². The van der Waals surface area contributed by atoms with Crippen molar-refractivity contribution in [2.75, 3.05) is 6.26 Å². The molecule has 5 heteroatoms. The van der Waals surface area contributed by atoms with Crippen LogP contribution in [-0.2, 0) is 0 Å². The molecule has 0 atom stereocenters. The van der Waals surface area contributed by atoms with E-state index in [1.165, 1.54) is 0 Å². The minimum Gasteiger partial charge on any atom is -0.507 e. The average molecular weight is 257 g/mol. The Balaban J connectivity index is 2.23. The predicted molar refractivity (Wildman–Crippen MR) is 72.8 cm³/mol. The molecular formula is C13H11N3OS. The van der Waals surface area contributed by atoms with Crippen molar-refractivity contribution in [1.82, 2.24) is 15.0 Å². The molecule has 18 heavy (non-hydrogen) atoms. The quantitative estimate of drug-likeness (QED) is 0.547. The highest BCUT2D eigenvalue weighted by atomic mass is 32.2. The SMILES string of the molecule is CSc1ncnc2[nH]c(-c3ccccc3O)cc12. The lowest BCUT2D eigenvalue weighted by atomic mass is 10.1. The van der Waals surface area contributed by atoms with Crippen molar-refractivity contribution in [3.63, 3.8) is 0 Å². The van der Waals surface area contributed by atoms with Crippen molar-refractivity contribution in [2.24, 2.45) is 0 Å². The molecule has 0 aliphatic carbocycles. The average Bonchev–Trinajstić information content (AvgIpc) is 2.82. The third kappa shape index (κ3) is 1.73. The van der Waals surface area contributed by atoms with Gasteiger partial charge in [0, 0.05) is 5.56 Å². The van der Waals surface area contributed by atoms with Crippen LogP contribution in [-0.4, -0.2) is 26.3 Å². The molecule has 0 amide bonds. The number of para-hydroxylation sites is 1. The molecule has 3 rings (SSSR count). The summed E-state index contributed by atoms with van der Waals surface area (Å²) in [4.78, 5) is 11.6. The van der Waals surface area contributed by atoms with Gasteiger partial charge in [0.05, 0.1) is 11.1 Å². The fourth-order valence-corrected chi connectivity index (χ4v) is 2.45. The number of aromatic amines is 1. The van der Waals surface area contributed by atoms with Crippen LogP contribution >= 0.6 is 11.8 Å². The van der Waals surface area contributed by atoms with E-state index in [4.69, 9.17) is 0 Å². The van der Waals surface area contributed by atoms with Gasteiger partial charge in [-0.1, -0.05) is 12.1 Å². The van der Waals surface area contributed by atoms with Crippen LogP contribution in [0.15, 0.2) is 41.7 Å². The van der Waals surface area contributed by atoms with Gasteiger partial charge in [0.15, 0.2) is 0 Å². The van der Waals surface area contributed by atoms with Gasteiger partial charge in [-0.2, -0.15) is 0 Å². The van der Waals surface area contributed by atoms with Crippen molar-refractivity contribution < 1.29 is 5.11 Å². The maximum absolute atomic E-state index is 9.85. The number of nitrogens with one attached hydrogen (secondary N) is 1. The predicted octanol–water partition coefficient (Wildman–Crippen LogP) is 3.05. The van der Waals surface area contributed by atoms with Crippen LogP contribution in [0.3, 0.4) is 0 Å². The fraction of sp³-hybridized carbons (Fsp3) is 0.0769. The van der Waals surface area contributed by atoms with E-state index in [0.717, 1.165) is 27.3 Å². The zero-order valence-electron chi connectivity index (χ0n) is 9.71. The number of thioether (sulfide) groups is 1. The van der Waals surface area contributed by atoms with Gasteiger partial charge < -0.3 is 10.1 Å². The van der Waals surface area contributed by atoms with Crippen LogP contribution in [0.1, 0.15) is 0 Å². The van der Waals surface area contributed by atoms with E-state index in [-0.39, 0.29) is 5.75 Å². The lowest BCUT2D eigenvalue weighted by molar-refractivity contribution is 0.477. The first-order valence-electron chi connectivity index (χ1n) is 5.45. The lowest BCUT2D eigenvalue weighted by Gasteiger charge is -1.99. The molecular weight excluding hydrogens is 246 g/mol. The Bertz CT molecular complexity index is 708. The van der Waals surface area contributed by atoms with Crippen molar-refractivity contribution in [3.05, 3.63) is 36.7 Å². The number of benzene rings is 1. The van der Waals surface area contributed by atoms with Gasteiger partial charge in [0.2, 0.25) is 0 Å². The summed E-state index contributed by atoms with van der Waals surface area (Å²) in [6.07, 6.45) is 3.52. The summed E-state index contributed by atoms with van der Waals surface area (Å²) < 4.78 is 0. The Hall–Kier alpha value is -2.01. The zero-order chi connectivity index (χ0) is 12.5. The maximum Gasteiger partial charge on any atom is 0.142 e. The number of rotatable bonds is 2. The van der Waals surface area contributed by atoms with Crippen molar-refractivity contribution >= 4 is 22.8 Å². The monoisotopic (exact) mass is 257 g/mol. The van der Waals surface area contributed by atoms with Crippen molar-refractivity contribution in [1.29, 1.82) is 0 Å². The van der Waals surface area contributed by atoms with Gasteiger partial charge in [0.25, 0.3) is 0 Å². The molecule has 90 valence electrons. The molecule has 3 aromatic rings. The zero-order valence-corrected chi connectivity index (χ0v) is 10.5. The molecule has 2 aromatic heterocycles. The topological polar surface area (TPSA) is 61.8 Å². The Kier molecular flexibility index (Phi) is 2.68. The number of phenols is 1. The van der Waals surface area contributed by atoms with E-state index in [1.54, 1.807) is 30.2 Å². The van der Waals surface area contributed by atoms with Crippen LogP contribution in [0.2, 0.25) is 0 Å². The fourth-order valence-electron chi connectivity index (χ4n) is 1.93. The second kappa shape index (κ2) is 4.34. The Labute approximate surface area is 108 Å². The van der Waals surface area contributed by atoms with Gasteiger partial charge in [-0.05, 0) is 24.5 Å². The van der Waals surface area contributed by atoms with E-state index in [0.29, 0.717) is 0 Å².